The first-order valence-electron chi connectivity index (χ1n) is 15.2. The first kappa shape index (κ1) is 26.8. The third-order valence-electron chi connectivity index (χ3n) is 9.44. The Balaban J connectivity index is 1.02. The van der Waals surface area contributed by atoms with Gasteiger partial charge in [0.15, 0.2) is 0 Å². The standard InChI is InChI=1S/C33H32FN9O/c34-24-4-5-30(44)21(8-24)16-42-26-9-27(42)19-41(18-26)31-6-3-20(12-37-31)32-22(11-35)13-38-33-28(32)10-29(40-33)23-14-39-43(17-23)25-2-1-7-36-15-25/h3-6,8,10,12-14,17,25-27,36,44H,1-2,7,9,15-16,18-19H2,(H,38,40)/t25-,26?,27?/m1/s1. The number of phenolic OH excluding ortho intramolecular Hbond substituents is 1. The van der Waals surface area contributed by atoms with Crippen molar-refractivity contribution < 1.29 is 9.50 Å². The number of aromatic nitrogens is 5. The van der Waals surface area contributed by atoms with Crippen LogP contribution in [0.15, 0.2) is 61.2 Å². The number of piperidine rings is 2. The van der Waals surface area contributed by atoms with Gasteiger partial charge in [-0.05, 0) is 62.2 Å². The largest absolute Gasteiger partial charge is 0.508 e. The van der Waals surface area contributed by atoms with Gasteiger partial charge in [-0.2, -0.15) is 10.4 Å². The number of fused-ring (bicyclic) bond motifs is 3. The zero-order valence-electron chi connectivity index (χ0n) is 24.1. The number of nitriles is 1. The number of H-pyrrole nitrogens is 1. The predicted molar refractivity (Wildman–Crippen MR) is 164 cm³/mol. The van der Waals surface area contributed by atoms with E-state index in [-0.39, 0.29) is 11.6 Å². The Kier molecular flexibility index (Phi) is 6.54. The molecule has 222 valence electrons. The summed E-state index contributed by atoms with van der Waals surface area (Å²) in [5.41, 5.74) is 5.39. The molecule has 9 rings (SSSR count). The summed E-state index contributed by atoms with van der Waals surface area (Å²) >= 11 is 0. The molecule has 2 bridgehead atoms. The lowest BCUT2D eigenvalue weighted by Gasteiger charge is -2.56. The maximum Gasteiger partial charge on any atom is 0.138 e. The fraction of sp³-hybridized carbons (Fsp3) is 0.333. The van der Waals surface area contributed by atoms with Crippen LogP contribution >= 0.6 is 0 Å². The lowest BCUT2D eigenvalue weighted by atomic mass is 9.86. The van der Waals surface area contributed by atoms with E-state index in [2.05, 4.69) is 48.5 Å². The molecule has 0 radical (unpaired) electrons. The Bertz CT molecular complexity index is 1870. The van der Waals surface area contributed by atoms with Gasteiger partial charge in [-0.25, -0.2) is 14.4 Å². The van der Waals surface area contributed by atoms with Gasteiger partial charge < -0.3 is 20.3 Å². The predicted octanol–water partition coefficient (Wildman–Crippen LogP) is 4.59. The van der Waals surface area contributed by atoms with E-state index in [0.717, 1.165) is 79.0 Å². The summed E-state index contributed by atoms with van der Waals surface area (Å²) in [6.45, 7) is 4.14. The summed E-state index contributed by atoms with van der Waals surface area (Å²) in [5.74, 6) is 0.689. The van der Waals surface area contributed by atoms with Gasteiger partial charge in [-0.15, -0.1) is 0 Å². The van der Waals surface area contributed by atoms with Gasteiger partial charge in [0.25, 0.3) is 0 Å². The number of halogens is 1. The molecule has 4 aliphatic rings. The number of nitrogens with zero attached hydrogens (tertiary/aromatic N) is 7. The van der Waals surface area contributed by atoms with E-state index in [1.54, 1.807) is 6.20 Å². The van der Waals surface area contributed by atoms with Crippen LogP contribution in [-0.2, 0) is 6.54 Å². The van der Waals surface area contributed by atoms with Crippen LogP contribution < -0.4 is 10.2 Å². The molecule has 5 aromatic rings. The molecule has 0 saturated carbocycles. The van der Waals surface area contributed by atoms with Crippen LogP contribution in [0.3, 0.4) is 0 Å². The summed E-state index contributed by atoms with van der Waals surface area (Å²) in [5, 5.41) is 29.1. The molecule has 3 atom stereocenters. The van der Waals surface area contributed by atoms with Crippen LogP contribution in [0.25, 0.3) is 33.4 Å². The third kappa shape index (κ3) is 4.67. The Morgan fingerprint density at radius 3 is 2.68 bits per heavy atom. The van der Waals surface area contributed by atoms with Crippen molar-refractivity contribution in [1.82, 2.24) is 34.9 Å². The molecule has 10 nitrogen and oxygen atoms in total. The van der Waals surface area contributed by atoms with E-state index in [9.17, 15) is 14.8 Å². The van der Waals surface area contributed by atoms with Crippen LogP contribution in [0.1, 0.15) is 36.4 Å². The number of rotatable bonds is 6. The molecule has 44 heavy (non-hydrogen) atoms. The molecule has 4 saturated heterocycles. The highest BCUT2D eigenvalue weighted by Crippen LogP contribution is 2.38. The van der Waals surface area contributed by atoms with Crippen molar-refractivity contribution in [3.8, 4) is 34.2 Å². The molecule has 0 aliphatic carbocycles. The van der Waals surface area contributed by atoms with Gasteiger partial charge in [0.1, 0.15) is 29.1 Å². The van der Waals surface area contributed by atoms with E-state index in [0.29, 0.717) is 41.4 Å². The highest BCUT2D eigenvalue weighted by molar-refractivity contribution is 5.98. The summed E-state index contributed by atoms with van der Waals surface area (Å²) in [4.78, 5) is 17.4. The van der Waals surface area contributed by atoms with Crippen molar-refractivity contribution in [3.63, 3.8) is 0 Å². The second-order valence-electron chi connectivity index (χ2n) is 12.1. The number of pyridine rings is 2. The van der Waals surface area contributed by atoms with Crippen LogP contribution in [0, 0.1) is 17.1 Å². The highest BCUT2D eigenvalue weighted by atomic mass is 19.1. The average molecular weight is 590 g/mol. The summed E-state index contributed by atoms with van der Waals surface area (Å²) in [7, 11) is 0. The van der Waals surface area contributed by atoms with Crippen molar-refractivity contribution in [1.29, 1.82) is 5.26 Å². The second-order valence-corrected chi connectivity index (χ2v) is 12.1. The Morgan fingerprint density at radius 1 is 1.02 bits per heavy atom. The van der Waals surface area contributed by atoms with Crippen molar-refractivity contribution in [2.45, 2.75) is 43.9 Å². The minimum Gasteiger partial charge on any atom is -0.508 e. The quantitative estimate of drug-likeness (QED) is 0.263. The van der Waals surface area contributed by atoms with Gasteiger partial charge in [-0.3, -0.25) is 9.58 Å². The number of piperazine rings is 1. The first-order chi connectivity index (χ1) is 21.5. The molecular formula is C33H32FN9O. The van der Waals surface area contributed by atoms with Crippen molar-refractivity contribution in [2.24, 2.45) is 0 Å². The summed E-state index contributed by atoms with van der Waals surface area (Å²) in [6, 6.07) is 13.5. The van der Waals surface area contributed by atoms with E-state index >= 15 is 0 Å². The van der Waals surface area contributed by atoms with Gasteiger partial charge in [0.05, 0.1) is 23.5 Å². The molecule has 2 unspecified atom stereocenters. The second kappa shape index (κ2) is 10.7. The molecule has 4 fully saturated rings. The Hall–Kier alpha value is -4.79. The van der Waals surface area contributed by atoms with E-state index in [1.165, 1.54) is 18.2 Å². The molecule has 3 N–H and O–H groups in total. The summed E-state index contributed by atoms with van der Waals surface area (Å²) < 4.78 is 15.8. The third-order valence-corrected chi connectivity index (χ3v) is 9.44. The zero-order chi connectivity index (χ0) is 29.8. The van der Waals surface area contributed by atoms with Crippen molar-refractivity contribution in [2.75, 3.05) is 31.1 Å². The van der Waals surface area contributed by atoms with E-state index in [4.69, 9.17) is 4.98 Å². The van der Waals surface area contributed by atoms with Crippen LogP contribution in [0.5, 0.6) is 5.75 Å². The average Bonchev–Trinajstić information content (AvgIpc) is 3.73. The number of aromatic amines is 1. The molecule has 1 aromatic carbocycles. The van der Waals surface area contributed by atoms with Crippen LogP contribution in [0.2, 0.25) is 0 Å². The normalized spacial score (nSPS) is 21.7. The van der Waals surface area contributed by atoms with E-state index < -0.39 is 0 Å². The van der Waals surface area contributed by atoms with Gasteiger partial charge in [0, 0.05) is 84.5 Å². The maximum absolute atomic E-state index is 13.8. The number of aromatic hydroxyl groups is 1. The van der Waals surface area contributed by atoms with Crippen molar-refractivity contribution in [3.05, 3.63) is 78.1 Å². The monoisotopic (exact) mass is 589 g/mol. The fourth-order valence-corrected chi connectivity index (χ4v) is 7.09. The lowest BCUT2D eigenvalue weighted by molar-refractivity contribution is -0.00921. The fourth-order valence-electron chi connectivity index (χ4n) is 7.09. The molecule has 0 amide bonds. The maximum atomic E-state index is 13.8. The lowest BCUT2D eigenvalue weighted by Crippen LogP contribution is -2.68. The Labute approximate surface area is 253 Å². The minimum atomic E-state index is -0.333. The number of benzene rings is 1. The van der Waals surface area contributed by atoms with Crippen LogP contribution in [0.4, 0.5) is 10.2 Å². The van der Waals surface area contributed by atoms with E-state index in [1.807, 2.05) is 29.2 Å². The number of anilines is 1. The number of phenols is 1. The highest BCUT2D eigenvalue weighted by Gasteiger charge is 2.45. The molecule has 4 aliphatic heterocycles. The molecule has 4 aromatic heterocycles. The SMILES string of the molecule is N#Cc1cnc2[nH]c(-c3cnn([C@@H]4CCCNC4)c3)cc2c1-c1ccc(N2CC3CC(C2)N3Cc2cc(F)ccc2O)nc1. The Morgan fingerprint density at radius 2 is 1.91 bits per heavy atom. The minimum absolute atomic E-state index is 0.133. The van der Waals surface area contributed by atoms with Gasteiger partial charge in [0.2, 0.25) is 0 Å². The molecule has 0 spiro atoms. The number of nitrogens with one attached hydrogen (secondary N) is 2. The van der Waals surface area contributed by atoms with Gasteiger partial charge in [-0.1, -0.05) is 0 Å². The zero-order valence-corrected chi connectivity index (χ0v) is 24.1. The van der Waals surface area contributed by atoms with Gasteiger partial charge >= 0.3 is 0 Å². The molecule has 11 heteroatoms. The number of hydrogen-bond acceptors (Lipinski definition) is 8. The molecule has 8 heterocycles. The smallest absolute Gasteiger partial charge is 0.138 e. The number of hydrogen-bond donors (Lipinski definition) is 3. The van der Waals surface area contributed by atoms with Crippen molar-refractivity contribution >= 4 is 16.9 Å². The van der Waals surface area contributed by atoms with Crippen LogP contribution in [-0.4, -0.2) is 73.0 Å². The topological polar surface area (TPSA) is 122 Å². The molecular weight excluding hydrogens is 557 g/mol. The first-order valence-corrected chi connectivity index (χ1v) is 15.2. The summed E-state index contributed by atoms with van der Waals surface area (Å²) in [6.07, 6.45) is 10.7.